The lowest BCUT2D eigenvalue weighted by atomic mass is 10.1. The summed E-state index contributed by atoms with van der Waals surface area (Å²) in [6.07, 6.45) is 2.31. The second-order valence-corrected chi connectivity index (χ2v) is 4.81. The summed E-state index contributed by atoms with van der Waals surface area (Å²) in [4.78, 5) is 15.9. The quantitative estimate of drug-likeness (QED) is 0.834. The van der Waals surface area contributed by atoms with Crippen LogP contribution in [0.5, 0.6) is 0 Å². The maximum absolute atomic E-state index is 11.6. The van der Waals surface area contributed by atoms with Crippen LogP contribution in [0.25, 0.3) is 11.4 Å². The molecule has 1 atom stereocenters. The average molecular weight is 263 g/mol. The molecule has 5 heteroatoms. The van der Waals surface area contributed by atoms with Crippen LogP contribution in [0, 0.1) is 0 Å². The zero-order chi connectivity index (χ0) is 12.5. The molecule has 1 fully saturated rings. The monoisotopic (exact) mass is 262 g/mol. The maximum atomic E-state index is 11.6. The predicted octanol–water partition coefficient (Wildman–Crippen LogP) is 3.23. The zero-order valence-corrected chi connectivity index (χ0v) is 10.4. The van der Waals surface area contributed by atoms with Crippen molar-refractivity contribution in [2.75, 3.05) is 0 Å². The van der Waals surface area contributed by atoms with Gasteiger partial charge in [-0.15, -0.1) is 0 Å². The summed E-state index contributed by atoms with van der Waals surface area (Å²) in [6, 6.07) is 7.24. The Hall–Kier alpha value is -1.68. The molecule has 0 saturated heterocycles. The van der Waals surface area contributed by atoms with Gasteiger partial charge in [0.05, 0.1) is 5.92 Å². The van der Waals surface area contributed by atoms with Crippen LogP contribution in [-0.4, -0.2) is 15.9 Å². The van der Waals surface area contributed by atoms with Gasteiger partial charge in [0.15, 0.2) is 0 Å². The third-order valence-electron chi connectivity index (χ3n) is 3.13. The number of Topliss-reactive ketones (excluding diaryl/α,β-unsaturated/α-hetero) is 1. The molecule has 0 amide bonds. The number of carbonyl (C=O) groups is 1. The van der Waals surface area contributed by atoms with Crippen LogP contribution in [0.4, 0.5) is 0 Å². The third kappa shape index (κ3) is 2.04. The predicted molar refractivity (Wildman–Crippen MR) is 66.3 cm³/mol. The van der Waals surface area contributed by atoms with Crippen molar-refractivity contribution >= 4 is 17.4 Å². The Kier molecular flexibility index (Phi) is 2.88. The average Bonchev–Trinajstić information content (AvgIpc) is 2.97. The molecule has 2 aromatic rings. The number of ketones is 1. The standard InChI is InChI=1S/C13H11ClN2O2/c14-9-4-1-3-8(7-9)12-15-13(18-16-12)10-5-2-6-11(10)17/h1,3-4,7,10H,2,5-6H2. The lowest BCUT2D eigenvalue weighted by molar-refractivity contribution is -0.119. The minimum absolute atomic E-state index is 0.191. The van der Waals surface area contributed by atoms with E-state index in [4.69, 9.17) is 16.1 Å². The fourth-order valence-electron chi connectivity index (χ4n) is 2.20. The van der Waals surface area contributed by atoms with E-state index in [1.807, 2.05) is 12.1 Å². The summed E-state index contributed by atoms with van der Waals surface area (Å²) in [5, 5.41) is 4.53. The minimum atomic E-state index is -0.217. The summed E-state index contributed by atoms with van der Waals surface area (Å²) in [7, 11) is 0. The van der Waals surface area contributed by atoms with Gasteiger partial charge in [-0.1, -0.05) is 28.9 Å². The highest BCUT2D eigenvalue weighted by atomic mass is 35.5. The molecule has 3 rings (SSSR count). The number of nitrogens with zero attached hydrogens (tertiary/aromatic N) is 2. The largest absolute Gasteiger partial charge is 0.338 e. The van der Waals surface area contributed by atoms with Crippen LogP contribution in [0.15, 0.2) is 28.8 Å². The van der Waals surface area contributed by atoms with Crippen LogP contribution < -0.4 is 0 Å². The Labute approximate surface area is 109 Å². The van der Waals surface area contributed by atoms with Crippen LogP contribution in [0.1, 0.15) is 31.1 Å². The Morgan fingerprint density at radius 3 is 3.00 bits per heavy atom. The molecule has 0 radical (unpaired) electrons. The van der Waals surface area contributed by atoms with Crippen molar-refractivity contribution in [2.45, 2.75) is 25.2 Å². The number of hydrogen-bond acceptors (Lipinski definition) is 4. The van der Waals surface area contributed by atoms with Crippen LogP contribution in [-0.2, 0) is 4.79 Å². The van der Waals surface area contributed by atoms with Gasteiger partial charge in [-0.3, -0.25) is 4.79 Å². The molecule has 0 N–H and O–H groups in total. The van der Waals surface area contributed by atoms with Crippen molar-refractivity contribution in [1.82, 2.24) is 10.1 Å². The van der Waals surface area contributed by atoms with Gasteiger partial charge >= 0.3 is 0 Å². The van der Waals surface area contributed by atoms with Gasteiger partial charge in [-0.2, -0.15) is 4.98 Å². The Bertz CT molecular complexity index is 594. The highest BCUT2D eigenvalue weighted by Gasteiger charge is 2.31. The first-order chi connectivity index (χ1) is 8.74. The van der Waals surface area contributed by atoms with E-state index in [0.717, 1.165) is 18.4 Å². The van der Waals surface area contributed by atoms with Gasteiger partial charge in [-0.05, 0) is 25.0 Å². The number of carbonyl (C=O) groups excluding carboxylic acids is 1. The normalized spacial score (nSPS) is 19.4. The van der Waals surface area contributed by atoms with Gasteiger partial charge in [0.1, 0.15) is 5.78 Å². The van der Waals surface area contributed by atoms with E-state index < -0.39 is 0 Å². The van der Waals surface area contributed by atoms with Crippen molar-refractivity contribution in [1.29, 1.82) is 0 Å². The zero-order valence-electron chi connectivity index (χ0n) is 9.60. The summed E-state index contributed by atoms with van der Waals surface area (Å²) in [5.41, 5.74) is 0.794. The summed E-state index contributed by atoms with van der Waals surface area (Å²) in [6.45, 7) is 0. The van der Waals surface area contributed by atoms with Crippen molar-refractivity contribution in [3.8, 4) is 11.4 Å². The van der Waals surface area contributed by atoms with E-state index in [-0.39, 0.29) is 11.7 Å². The highest BCUT2D eigenvalue weighted by Crippen LogP contribution is 2.31. The highest BCUT2D eigenvalue weighted by molar-refractivity contribution is 6.30. The molecule has 1 unspecified atom stereocenters. The number of rotatable bonds is 2. The fraction of sp³-hybridized carbons (Fsp3) is 0.308. The van der Waals surface area contributed by atoms with E-state index in [0.29, 0.717) is 23.2 Å². The van der Waals surface area contributed by atoms with Crippen molar-refractivity contribution < 1.29 is 9.32 Å². The molecule has 0 spiro atoms. The van der Waals surface area contributed by atoms with Gasteiger partial charge in [0.2, 0.25) is 11.7 Å². The van der Waals surface area contributed by atoms with Crippen LogP contribution in [0.2, 0.25) is 5.02 Å². The van der Waals surface area contributed by atoms with Crippen molar-refractivity contribution in [3.63, 3.8) is 0 Å². The van der Waals surface area contributed by atoms with Crippen LogP contribution >= 0.6 is 11.6 Å². The van der Waals surface area contributed by atoms with Crippen LogP contribution in [0.3, 0.4) is 0 Å². The number of aromatic nitrogens is 2. The smallest absolute Gasteiger partial charge is 0.237 e. The summed E-state index contributed by atoms with van der Waals surface area (Å²) in [5.74, 6) is 0.876. The van der Waals surface area contributed by atoms with E-state index >= 15 is 0 Å². The van der Waals surface area contributed by atoms with E-state index in [2.05, 4.69) is 10.1 Å². The molecule has 1 aromatic carbocycles. The summed E-state index contributed by atoms with van der Waals surface area (Å²) >= 11 is 5.91. The number of benzene rings is 1. The van der Waals surface area contributed by atoms with E-state index in [1.54, 1.807) is 12.1 Å². The Balaban J connectivity index is 1.92. The molecule has 1 aliphatic carbocycles. The Morgan fingerprint density at radius 1 is 1.39 bits per heavy atom. The molecule has 0 bridgehead atoms. The number of hydrogen-bond donors (Lipinski definition) is 0. The molecule has 0 aliphatic heterocycles. The maximum Gasteiger partial charge on any atom is 0.237 e. The van der Waals surface area contributed by atoms with Gasteiger partial charge in [-0.25, -0.2) is 0 Å². The molecular formula is C13H11ClN2O2. The lowest BCUT2D eigenvalue weighted by Gasteiger charge is -1.98. The SMILES string of the molecule is O=C1CCCC1c1nc(-c2cccc(Cl)c2)no1. The lowest BCUT2D eigenvalue weighted by Crippen LogP contribution is -2.04. The van der Waals surface area contributed by atoms with Gasteiger partial charge in [0.25, 0.3) is 0 Å². The van der Waals surface area contributed by atoms with Gasteiger partial charge in [0, 0.05) is 17.0 Å². The topological polar surface area (TPSA) is 56.0 Å². The molecule has 1 aromatic heterocycles. The molecule has 4 nitrogen and oxygen atoms in total. The molecule has 92 valence electrons. The van der Waals surface area contributed by atoms with Gasteiger partial charge < -0.3 is 4.52 Å². The first-order valence-electron chi connectivity index (χ1n) is 5.86. The first-order valence-corrected chi connectivity index (χ1v) is 6.24. The molecule has 1 aliphatic rings. The third-order valence-corrected chi connectivity index (χ3v) is 3.36. The van der Waals surface area contributed by atoms with E-state index in [9.17, 15) is 4.79 Å². The van der Waals surface area contributed by atoms with Crippen molar-refractivity contribution in [2.24, 2.45) is 0 Å². The van der Waals surface area contributed by atoms with E-state index in [1.165, 1.54) is 0 Å². The molecule has 1 saturated carbocycles. The molecule has 18 heavy (non-hydrogen) atoms. The second-order valence-electron chi connectivity index (χ2n) is 4.38. The second kappa shape index (κ2) is 4.53. The minimum Gasteiger partial charge on any atom is -0.338 e. The first kappa shape index (κ1) is 11.4. The number of halogens is 1. The van der Waals surface area contributed by atoms with Crippen molar-refractivity contribution in [3.05, 3.63) is 35.2 Å². The Morgan fingerprint density at radius 2 is 2.28 bits per heavy atom. The summed E-state index contributed by atoms with van der Waals surface area (Å²) < 4.78 is 5.19. The molecular weight excluding hydrogens is 252 g/mol. The molecule has 1 heterocycles. The fourth-order valence-corrected chi connectivity index (χ4v) is 2.39.